The van der Waals surface area contributed by atoms with E-state index in [9.17, 15) is 9.59 Å². The molecule has 1 aromatic rings. The predicted molar refractivity (Wildman–Crippen MR) is 100 cm³/mol. The normalized spacial score (nSPS) is 21.5. The summed E-state index contributed by atoms with van der Waals surface area (Å²) in [5.41, 5.74) is 3.13. The number of hydrogen-bond acceptors (Lipinski definition) is 5. The fourth-order valence-electron chi connectivity index (χ4n) is 3.35. The number of anilines is 1. The third-order valence-corrected chi connectivity index (χ3v) is 5.15. The van der Waals surface area contributed by atoms with E-state index in [0.29, 0.717) is 45.9 Å². The zero-order valence-corrected chi connectivity index (χ0v) is 15.6. The van der Waals surface area contributed by atoms with Crippen LogP contribution in [0.25, 0.3) is 0 Å². The summed E-state index contributed by atoms with van der Waals surface area (Å²) in [6.07, 6.45) is 0. The Kier molecular flexibility index (Phi) is 6.24. The summed E-state index contributed by atoms with van der Waals surface area (Å²) in [7, 11) is 0. The van der Waals surface area contributed by atoms with Crippen molar-refractivity contribution in [1.82, 2.24) is 15.1 Å². The van der Waals surface area contributed by atoms with Crippen LogP contribution in [-0.4, -0.2) is 80.1 Å². The molecule has 2 saturated heterocycles. The highest BCUT2D eigenvalue weighted by Gasteiger charge is 2.29. The van der Waals surface area contributed by atoms with Gasteiger partial charge in [-0.25, -0.2) is 0 Å². The van der Waals surface area contributed by atoms with E-state index in [1.54, 1.807) is 0 Å². The maximum absolute atomic E-state index is 12.5. The van der Waals surface area contributed by atoms with Gasteiger partial charge in [0, 0.05) is 38.4 Å². The first-order valence-corrected chi connectivity index (χ1v) is 9.23. The minimum absolute atomic E-state index is 0.0131. The average molecular weight is 360 g/mol. The van der Waals surface area contributed by atoms with Crippen molar-refractivity contribution in [3.8, 4) is 0 Å². The van der Waals surface area contributed by atoms with Crippen LogP contribution in [0.4, 0.5) is 5.69 Å². The van der Waals surface area contributed by atoms with Crippen LogP contribution in [0.3, 0.4) is 0 Å². The summed E-state index contributed by atoms with van der Waals surface area (Å²) >= 11 is 0. The Hall–Kier alpha value is -1.96. The van der Waals surface area contributed by atoms with Crippen LogP contribution in [-0.2, 0) is 14.3 Å². The number of benzene rings is 1. The molecular weight excluding hydrogens is 332 g/mol. The number of morpholine rings is 1. The third kappa shape index (κ3) is 4.60. The summed E-state index contributed by atoms with van der Waals surface area (Å²) < 4.78 is 5.37. The fraction of sp³-hybridized carbons (Fsp3) is 0.579. The maximum atomic E-state index is 12.5. The Balaban J connectivity index is 1.45. The van der Waals surface area contributed by atoms with E-state index in [-0.39, 0.29) is 17.9 Å². The van der Waals surface area contributed by atoms with Gasteiger partial charge in [0.1, 0.15) is 6.04 Å². The Bertz CT molecular complexity index is 650. The third-order valence-electron chi connectivity index (χ3n) is 5.15. The van der Waals surface area contributed by atoms with Gasteiger partial charge in [-0.05, 0) is 31.0 Å². The molecule has 2 heterocycles. The molecule has 2 aliphatic heterocycles. The molecule has 2 aliphatic rings. The highest BCUT2D eigenvalue weighted by Crippen LogP contribution is 2.18. The molecule has 1 unspecified atom stereocenters. The largest absolute Gasteiger partial charge is 0.378 e. The summed E-state index contributed by atoms with van der Waals surface area (Å²) in [5.74, 6) is 0.0880. The van der Waals surface area contributed by atoms with Crippen molar-refractivity contribution in [1.29, 1.82) is 0 Å². The summed E-state index contributed by atoms with van der Waals surface area (Å²) in [6, 6.07) is 5.68. The topological polar surface area (TPSA) is 73.9 Å². The minimum Gasteiger partial charge on any atom is -0.378 e. The number of carbonyl (C=O) groups is 2. The second-order valence-electron chi connectivity index (χ2n) is 6.98. The first-order valence-electron chi connectivity index (χ1n) is 9.23. The lowest BCUT2D eigenvalue weighted by atomic mass is 10.1. The van der Waals surface area contributed by atoms with Gasteiger partial charge in [-0.2, -0.15) is 0 Å². The monoisotopic (exact) mass is 360 g/mol. The highest BCUT2D eigenvalue weighted by atomic mass is 16.5. The highest BCUT2D eigenvalue weighted by molar-refractivity contribution is 5.93. The number of hydrogen-bond donors (Lipinski definition) is 2. The lowest BCUT2D eigenvalue weighted by Crippen LogP contribution is -2.57. The second-order valence-corrected chi connectivity index (χ2v) is 6.98. The van der Waals surface area contributed by atoms with Crippen molar-refractivity contribution in [2.75, 3.05) is 57.8 Å². The van der Waals surface area contributed by atoms with Crippen molar-refractivity contribution < 1.29 is 14.3 Å². The molecule has 7 heteroatoms. The minimum atomic E-state index is -0.233. The summed E-state index contributed by atoms with van der Waals surface area (Å²) in [4.78, 5) is 28.8. The Labute approximate surface area is 154 Å². The van der Waals surface area contributed by atoms with Crippen LogP contribution in [0.15, 0.2) is 18.2 Å². The maximum Gasteiger partial charge on any atom is 0.242 e. The molecular formula is C19H28N4O3. The number of aryl methyl sites for hydroxylation is 1. The number of piperazine rings is 1. The van der Waals surface area contributed by atoms with Crippen molar-refractivity contribution in [2.24, 2.45) is 0 Å². The van der Waals surface area contributed by atoms with Gasteiger partial charge in [-0.3, -0.25) is 14.5 Å². The smallest absolute Gasteiger partial charge is 0.242 e. The van der Waals surface area contributed by atoms with Crippen LogP contribution in [0.2, 0.25) is 0 Å². The van der Waals surface area contributed by atoms with Gasteiger partial charge in [-0.1, -0.05) is 12.1 Å². The van der Waals surface area contributed by atoms with E-state index < -0.39 is 0 Å². The molecule has 0 saturated carbocycles. The van der Waals surface area contributed by atoms with E-state index in [1.807, 2.05) is 36.9 Å². The Morgan fingerprint density at radius 1 is 1.23 bits per heavy atom. The first-order chi connectivity index (χ1) is 12.5. The van der Waals surface area contributed by atoms with E-state index in [1.165, 1.54) is 0 Å². The predicted octanol–water partition coefficient (Wildman–Crippen LogP) is 0.375. The molecule has 0 aromatic heterocycles. The molecule has 1 aromatic carbocycles. The number of ether oxygens (including phenoxy) is 1. The summed E-state index contributed by atoms with van der Waals surface area (Å²) in [6.45, 7) is 8.92. The van der Waals surface area contributed by atoms with E-state index in [4.69, 9.17) is 4.74 Å². The van der Waals surface area contributed by atoms with E-state index in [0.717, 1.165) is 23.4 Å². The molecule has 1 atom stereocenters. The van der Waals surface area contributed by atoms with Crippen LogP contribution < -0.4 is 10.6 Å². The average Bonchev–Trinajstić information content (AvgIpc) is 2.66. The van der Waals surface area contributed by atoms with Crippen molar-refractivity contribution >= 4 is 17.5 Å². The molecule has 2 amide bonds. The van der Waals surface area contributed by atoms with Gasteiger partial charge in [-0.15, -0.1) is 0 Å². The quantitative estimate of drug-likeness (QED) is 0.812. The van der Waals surface area contributed by atoms with Crippen LogP contribution in [0.5, 0.6) is 0 Å². The first kappa shape index (κ1) is 18.8. The number of nitrogens with one attached hydrogen (secondary N) is 2. The molecule has 2 N–H and O–H groups in total. The van der Waals surface area contributed by atoms with E-state index >= 15 is 0 Å². The molecule has 0 radical (unpaired) electrons. The Morgan fingerprint density at radius 2 is 2.00 bits per heavy atom. The lowest BCUT2D eigenvalue weighted by molar-refractivity contribution is -0.138. The van der Waals surface area contributed by atoms with Gasteiger partial charge in [0.25, 0.3) is 0 Å². The number of amides is 2. The molecule has 0 bridgehead atoms. The van der Waals surface area contributed by atoms with Crippen molar-refractivity contribution in [3.63, 3.8) is 0 Å². The standard InChI is InChI=1S/C19H28N4O3/c1-14-4-3-5-16(15(14)2)21-18(24)12-22-7-9-23(10-8-22)19(25)17-13-26-11-6-20-17/h3-5,17,20H,6-13H2,1-2H3,(H,21,24). The van der Waals surface area contributed by atoms with Gasteiger partial charge >= 0.3 is 0 Å². The molecule has 7 nitrogen and oxygen atoms in total. The van der Waals surface area contributed by atoms with Crippen molar-refractivity contribution in [2.45, 2.75) is 19.9 Å². The molecule has 3 rings (SSSR count). The summed E-state index contributed by atoms with van der Waals surface area (Å²) in [5, 5.41) is 6.20. The lowest BCUT2D eigenvalue weighted by Gasteiger charge is -2.37. The molecule has 26 heavy (non-hydrogen) atoms. The Morgan fingerprint density at radius 3 is 2.69 bits per heavy atom. The van der Waals surface area contributed by atoms with Crippen LogP contribution in [0, 0.1) is 13.8 Å². The molecule has 2 fully saturated rings. The van der Waals surface area contributed by atoms with Crippen LogP contribution >= 0.6 is 0 Å². The van der Waals surface area contributed by atoms with Crippen molar-refractivity contribution in [3.05, 3.63) is 29.3 Å². The van der Waals surface area contributed by atoms with E-state index in [2.05, 4.69) is 15.5 Å². The second kappa shape index (κ2) is 8.62. The fourth-order valence-corrected chi connectivity index (χ4v) is 3.35. The number of nitrogens with zero attached hydrogens (tertiary/aromatic N) is 2. The molecule has 0 aliphatic carbocycles. The van der Waals surface area contributed by atoms with Gasteiger partial charge < -0.3 is 20.3 Å². The number of carbonyl (C=O) groups excluding carboxylic acids is 2. The van der Waals surface area contributed by atoms with Crippen LogP contribution in [0.1, 0.15) is 11.1 Å². The molecule has 142 valence electrons. The number of rotatable bonds is 4. The van der Waals surface area contributed by atoms with Gasteiger partial charge in [0.15, 0.2) is 0 Å². The molecule has 0 spiro atoms. The SMILES string of the molecule is Cc1cccc(NC(=O)CN2CCN(C(=O)C3COCCN3)CC2)c1C. The zero-order chi connectivity index (χ0) is 18.5. The zero-order valence-electron chi connectivity index (χ0n) is 15.6. The van der Waals surface area contributed by atoms with Gasteiger partial charge in [0.2, 0.25) is 11.8 Å². The van der Waals surface area contributed by atoms with Gasteiger partial charge in [0.05, 0.1) is 19.8 Å².